The fourth-order valence-electron chi connectivity index (χ4n) is 1.85. The van der Waals surface area contributed by atoms with Gasteiger partial charge in [0.1, 0.15) is 11.8 Å². The van der Waals surface area contributed by atoms with E-state index in [1.807, 2.05) is 18.2 Å². The maximum Gasteiger partial charge on any atom is 0.327 e. The van der Waals surface area contributed by atoms with E-state index < -0.39 is 18.1 Å². The van der Waals surface area contributed by atoms with Crippen molar-refractivity contribution in [2.75, 3.05) is 11.6 Å². The second-order valence-electron chi connectivity index (χ2n) is 4.24. The van der Waals surface area contributed by atoms with Crippen molar-refractivity contribution >= 4 is 23.6 Å². The minimum atomic E-state index is -0.967. The molecule has 0 spiro atoms. The standard InChI is InChI=1S/C13H15NO4S/c1-9(18-10-5-3-2-4-6-10)12(15)14-8-19-7-11(14)13(16)17/h2-6,9,11H,7-8H2,1H3,(H,16,17). The van der Waals surface area contributed by atoms with Crippen molar-refractivity contribution < 1.29 is 19.4 Å². The molecule has 6 heteroatoms. The summed E-state index contributed by atoms with van der Waals surface area (Å²) >= 11 is 1.44. The zero-order valence-corrected chi connectivity index (χ0v) is 11.3. The lowest BCUT2D eigenvalue weighted by Crippen LogP contribution is -2.47. The van der Waals surface area contributed by atoms with Crippen LogP contribution in [0.1, 0.15) is 6.92 Å². The van der Waals surface area contributed by atoms with Gasteiger partial charge in [0.2, 0.25) is 0 Å². The molecule has 0 aliphatic carbocycles. The third kappa shape index (κ3) is 3.20. The zero-order chi connectivity index (χ0) is 13.8. The maximum atomic E-state index is 12.2. The van der Waals surface area contributed by atoms with Crippen LogP contribution in [0.2, 0.25) is 0 Å². The van der Waals surface area contributed by atoms with Gasteiger partial charge in [-0.2, -0.15) is 0 Å². The molecular formula is C13H15NO4S. The van der Waals surface area contributed by atoms with Gasteiger partial charge in [0.15, 0.2) is 6.10 Å². The van der Waals surface area contributed by atoms with E-state index in [-0.39, 0.29) is 5.91 Å². The van der Waals surface area contributed by atoms with Crippen molar-refractivity contribution in [2.45, 2.75) is 19.1 Å². The molecule has 1 aliphatic rings. The van der Waals surface area contributed by atoms with Crippen LogP contribution in [0.5, 0.6) is 5.75 Å². The molecule has 1 amide bonds. The first-order valence-electron chi connectivity index (χ1n) is 5.92. The fraction of sp³-hybridized carbons (Fsp3) is 0.385. The SMILES string of the molecule is CC(Oc1ccccc1)C(=O)N1CSCC1C(=O)O. The van der Waals surface area contributed by atoms with Crippen LogP contribution in [0.15, 0.2) is 30.3 Å². The van der Waals surface area contributed by atoms with Gasteiger partial charge in [-0.1, -0.05) is 18.2 Å². The Labute approximate surface area is 115 Å². The topological polar surface area (TPSA) is 66.8 Å². The van der Waals surface area contributed by atoms with Gasteiger partial charge in [-0.05, 0) is 19.1 Å². The lowest BCUT2D eigenvalue weighted by molar-refractivity contribution is -0.150. The average Bonchev–Trinajstić information content (AvgIpc) is 2.88. The Hall–Kier alpha value is -1.69. The summed E-state index contributed by atoms with van der Waals surface area (Å²) in [7, 11) is 0. The minimum absolute atomic E-state index is 0.291. The summed E-state index contributed by atoms with van der Waals surface area (Å²) in [6.07, 6.45) is -0.692. The number of carboxylic acids is 1. The highest BCUT2D eigenvalue weighted by atomic mass is 32.2. The predicted octanol–water partition coefficient (Wildman–Crippen LogP) is 1.44. The second-order valence-corrected chi connectivity index (χ2v) is 5.23. The quantitative estimate of drug-likeness (QED) is 0.904. The molecule has 1 fully saturated rings. The number of thioether (sulfide) groups is 1. The molecule has 0 radical (unpaired) electrons. The molecule has 0 bridgehead atoms. The first kappa shape index (κ1) is 13.7. The molecule has 1 N–H and O–H groups in total. The number of carboxylic acid groups (broad SMARTS) is 1. The summed E-state index contributed by atoms with van der Waals surface area (Å²) in [6.45, 7) is 1.64. The molecule has 2 unspecified atom stereocenters. The largest absolute Gasteiger partial charge is 0.481 e. The Bertz CT molecular complexity index is 465. The third-order valence-corrected chi connectivity index (χ3v) is 3.87. The van der Waals surface area contributed by atoms with Crippen LogP contribution in [0.25, 0.3) is 0 Å². The molecule has 0 aromatic heterocycles. The number of hydrogen-bond acceptors (Lipinski definition) is 4. The summed E-state index contributed by atoms with van der Waals surface area (Å²) < 4.78 is 5.52. The van der Waals surface area contributed by atoms with Gasteiger partial charge in [0.05, 0.1) is 5.88 Å². The second kappa shape index (κ2) is 5.97. The number of benzene rings is 1. The monoisotopic (exact) mass is 281 g/mol. The highest BCUT2D eigenvalue weighted by Crippen LogP contribution is 2.23. The van der Waals surface area contributed by atoms with Crippen molar-refractivity contribution in [3.8, 4) is 5.75 Å². The molecule has 1 saturated heterocycles. The van der Waals surface area contributed by atoms with E-state index in [1.165, 1.54) is 16.7 Å². The number of carbonyl (C=O) groups excluding carboxylic acids is 1. The number of rotatable bonds is 4. The van der Waals surface area contributed by atoms with Gasteiger partial charge < -0.3 is 14.7 Å². The molecular weight excluding hydrogens is 266 g/mol. The van der Waals surface area contributed by atoms with E-state index in [2.05, 4.69) is 0 Å². The number of amides is 1. The normalized spacial score (nSPS) is 20.1. The van der Waals surface area contributed by atoms with E-state index in [1.54, 1.807) is 19.1 Å². The van der Waals surface area contributed by atoms with Crippen LogP contribution in [0.3, 0.4) is 0 Å². The van der Waals surface area contributed by atoms with E-state index in [4.69, 9.17) is 9.84 Å². The highest BCUT2D eigenvalue weighted by Gasteiger charge is 2.37. The summed E-state index contributed by atoms with van der Waals surface area (Å²) in [4.78, 5) is 24.6. The van der Waals surface area contributed by atoms with Crippen LogP contribution in [0.4, 0.5) is 0 Å². The van der Waals surface area contributed by atoms with Crippen molar-refractivity contribution in [1.82, 2.24) is 4.90 Å². The molecule has 1 aromatic rings. The number of nitrogens with zero attached hydrogens (tertiary/aromatic N) is 1. The van der Waals surface area contributed by atoms with Gasteiger partial charge in [-0.3, -0.25) is 4.79 Å². The van der Waals surface area contributed by atoms with E-state index in [0.29, 0.717) is 17.4 Å². The Kier molecular flexibility index (Phi) is 4.31. The summed E-state index contributed by atoms with van der Waals surface area (Å²) in [6, 6.07) is 8.27. The number of hydrogen-bond donors (Lipinski definition) is 1. The number of para-hydroxylation sites is 1. The van der Waals surface area contributed by atoms with Gasteiger partial charge in [-0.25, -0.2) is 4.79 Å². The predicted molar refractivity (Wildman–Crippen MR) is 72.1 cm³/mol. The molecule has 1 aromatic carbocycles. The molecule has 2 rings (SSSR count). The van der Waals surface area contributed by atoms with Crippen LogP contribution >= 0.6 is 11.8 Å². The summed E-state index contributed by atoms with van der Waals surface area (Å²) in [5.41, 5.74) is 0. The van der Waals surface area contributed by atoms with Crippen LogP contribution in [-0.2, 0) is 9.59 Å². The van der Waals surface area contributed by atoms with Gasteiger partial charge in [-0.15, -0.1) is 11.8 Å². The molecule has 0 saturated carbocycles. The van der Waals surface area contributed by atoms with Crippen LogP contribution < -0.4 is 4.74 Å². The van der Waals surface area contributed by atoms with Gasteiger partial charge >= 0.3 is 5.97 Å². The molecule has 102 valence electrons. The number of aliphatic carboxylic acids is 1. The van der Waals surface area contributed by atoms with Gasteiger partial charge in [0.25, 0.3) is 5.91 Å². The first-order chi connectivity index (χ1) is 9.09. The molecule has 19 heavy (non-hydrogen) atoms. The van der Waals surface area contributed by atoms with Crippen molar-refractivity contribution in [3.05, 3.63) is 30.3 Å². The zero-order valence-electron chi connectivity index (χ0n) is 10.5. The Morgan fingerprint density at radius 1 is 1.42 bits per heavy atom. The highest BCUT2D eigenvalue weighted by molar-refractivity contribution is 7.99. The van der Waals surface area contributed by atoms with E-state index >= 15 is 0 Å². The number of ether oxygens (including phenoxy) is 1. The summed E-state index contributed by atoms with van der Waals surface area (Å²) in [5.74, 6) is 0.172. The smallest absolute Gasteiger partial charge is 0.327 e. The Morgan fingerprint density at radius 3 is 2.74 bits per heavy atom. The Balaban J connectivity index is 2.01. The third-order valence-electron chi connectivity index (χ3n) is 2.85. The van der Waals surface area contributed by atoms with Crippen molar-refractivity contribution in [1.29, 1.82) is 0 Å². The summed E-state index contributed by atoms with van der Waals surface area (Å²) in [5, 5.41) is 9.06. The van der Waals surface area contributed by atoms with E-state index in [0.717, 1.165) is 0 Å². The fourth-order valence-corrected chi connectivity index (χ4v) is 3.01. The molecule has 1 aliphatic heterocycles. The van der Waals surface area contributed by atoms with Crippen LogP contribution in [0, 0.1) is 0 Å². The maximum absolute atomic E-state index is 12.2. The van der Waals surface area contributed by atoms with Crippen molar-refractivity contribution in [2.24, 2.45) is 0 Å². The number of carbonyl (C=O) groups is 2. The first-order valence-corrected chi connectivity index (χ1v) is 7.08. The Morgan fingerprint density at radius 2 is 2.11 bits per heavy atom. The molecule has 5 nitrogen and oxygen atoms in total. The lowest BCUT2D eigenvalue weighted by Gasteiger charge is -2.24. The minimum Gasteiger partial charge on any atom is -0.481 e. The lowest BCUT2D eigenvalue weighted by atomic mass is 10.2. The average molecular weight is 281 g/mol. The van der Waals surface area contributed by atoms with Crippen molar-refractivity contribution in [3.63, 3.8) is 0 Å². The van der Waals surface area contributed by atoms with Gasteiger partial charge in [0, 0.05) is 5.75 Å². The van der Waals surface area contributed by atoms with Crippen LogP contribution in [-0.4, -0.2) is 45.7 Å². The van der Waals surface area contributed by atoms with E-state index in [9.17, 15) is 9.59 Å². The molecule has 1 heterocycles. The molecule has 2 atom stereocenters.